The Balaban J connectivity index is 1.76. The Morgan fingerprint density at radius 1 is 1.17 bits per heavy atom. The smallest absolute Gasteiger partial charge is 0.335 e. The Morgan fingerprint density at radius 3 is 2.37 bits per heavy atom. The third-order valence-corrected chi connectivity index (χ3v) is 4.54. The highest BCUT2D eigenvalue weighted by molar-refractivity contribution is 6.04. The van der Waals surface area contributed by atoms with E-state index in [1.807, 2.05) is 0 Å². The number of carbonyl (C=O) groups excluding carboxylic acids is 1. The van der Waals surface area contributed by atoms with Gasteiger partial charge in [0.15, 0.2) is 0 Å². The van der Waals surface area contributed by atoms with Crippen molar-refractivity contribution in [2.45, 2.75) is 20.4 Å². The van der Waals surface area contributed by atoms with Gasteiger partial charge in [-0.25, -0.2) is 9.18 Å². The first-order chi connectivity index (χ1) is 14.2. The molecule has 0 spiro atoms. The highest BCUT2D eigenvalue weighted by Gasteiger charge is 2.21. The number of aromatic nitrogens is 2. The minimum absolute atomic E-state index is 0.0309. The number of aromatic carboxylic acids is 1. The molecule has 2 N–H and O–H groups in total. The number of rotatable bonds is 6. The average Bonchev–Trinajstić information content (AvgIpc) is 2.97. The lowest BCUT2D eigenvalue weighted by atomic mass is 10.1. The summed E-state index contributed by atoms with van der Waals surface area (Å²) in [5, 5.41) is 26.6. The summed E-state index contributed by atoms with van der Waals surface area (Å²) in [6, 6.07) is 9.46. The number of hydrogen-bond acceptors (Lipinski definition) is 5. The molecule has 1 amide bonds. The zero-order valence-corrected chi connectivity index (χ0v) is 16.0. The van der Waals surface area contributed by atoms with Crippen molar-refractivity contribution in [3.63, 3.8) is 0 Å². The predicted octanol–water partition coefficient (Wildman–Crippen LogP) is 3.55. The van der Waals surface area contributed by atoms with Crippen LogP contribution in [0.15, 0.2) is 42.5 Å². The summed E-state index contributed by atoms with van der Waals surface area (Å²) in [6.07, 6.45) is 0. The van der Waals surface area contributed by atoms with Crippen LogP contribution in [0.25, 0.3) is 0 Å². The predicted molar refractivity (Wildman–Crippen MR) is 105 cm³/mol. The molecule has 9 nitrogen and oxygen atoms in total. The molecule has 154 valence electrons. The van der Waals surface area contributed by atoms with E-state index in [9.17, 15) is 24.1 Å². The quantitative estimate of drug-likeness (QED) is 0.471. The summed E-state index contributed by atoms with van der Waals surface area (Å²) in [7, 11) is 0. The van der Waals surface area contributed by atoms with Crippen LogP contribution in [0, 0.1) is 29.8 Å². The fraction of sp³-hybridized carbons (Fsp3) is 0.150. The Bertz CT molecular complexity index is 1150. The Kier molecular flexibility index (Phi) is 5.58. The maximum Gasteiger partial charge on any atom is 0.335 e. The van der Waals surface area contributed by atoms with Crippen LogP contribution in [0.4, 0.5) is 15.8 Å². The van der Waals surface area contributed by atoms with Gasteiger partial charge in [-0.1, -0.05) is 12.1 Å². The normalized spacial score (nSPS) is 10.6. The van der Waals surface area contributed by atoms with Crippen LogP contribution in [-0.2, 0) is 6.54 Å². The van der Waals surface area contributed by atoms with E-state index in [1.165, 1.54) is 16.8 Å². The zero-order valence-electron chi connectivity index (χ0n) is 16.0. The molecule has 2 aromatic carbocycles. The molecule has 0 atom stereocenters. The van der Waals surface area contributed by atoms with Gasteiger partial charge in [-0.2, -0.15) is 5.10 Å². The van der Waals surface area contributed by atoms with Crippen LogP contribution in [0.2, 0.25) is 0 Å². The first-order valence-electron chi connectivity index (χ1n) is 8.79. The van der Waals surface area contributed by atoms with Gasteiger partial charge in [0, 0.05) is 5.56 Å². The molecule has 0 unspecified atom stereocenters. The number of hydrogen-bond donors (Lipinski definition) is 2. The van der Waals surface area contributed by atoms with Gasteiger partial charge in [-0.05, 0) is 49.7 Å². The lowest BCUT2D eigenvalue weighted by Crippen LogP contribution is -2.14. The minimum Gasteiger partial charge on any atom is -0.478 e. The molecule has 0 bridgehead atoms. The molecule has 30 heavy (non-hydrogen) atoms. The summed E-state index contributed by atoms with van der Waals surface area (Å²) in [5.74, 6) is -2.60. The van der Waals surface area contributed by atoms with E-state index in [1.54, 1.807) is 26.0 Å². The van der Waals surface area contributed by atoms with Gasteiger partial charge in [-0.3, -0.25) is 19.6 Å². The number of halogens is 1. The first kappa shape index (κ1) is 20.6. The van der Waals surface area contributed by atoms with E-state index < -0.39 is 22.6 Å². The third kappa shape index (κ3) is 4.17. The van der Waals surface area contributed by atoms with E-state index in [0.717, 1.165) is 23.8 Å². The van der Waals surface area contributed by atoms with E-state index in [-0.39, 0.29) is 29.0 Å². The standard InChI is InChI=1S/C20H17FN4O5/c1-11-18(25(29)30)12(2)24(23-11)10-13-3-5-14(6-4-13)19(26)22-17-9-15(20(27)28)7-8-16(17)21/h3-9H,10H2,1-2H3,(H,22,26)(H,27,28). The second kappa shape index (κ2) is 8.11. The number of amides is 1. The lowest BCUT2D eigenvalue weighted by Gasteiger charge is -2.09. The van der Waals surface area contributed by atoms with Crippen LogP contribution < -0.4 is 5.32 Å². The minimum atomic E-state index is -1.24. The molecule has 1 heterocycles. The molecule has 0 aliphatic carbocycles. The first-order valence-corrected chi connectivity index (χ1v) is 8.79. The van der Waals surface area contributed by atoms with Crippen LogP contribution in [0.3, 0.4) is 0 Å². The number of carbonyl (C=O) groups is 2. The molecular formula is C20H17FN4O5. The van der Waals surface area contributed by atoms with E-state index in [4.69, 9.17) is 5.11 Å². The molecule has 0 saturated heterocycles. The van der Waals surface area contributed by atoms with Gasteiger partial charge >= 0.3 is 11.7 Å². The van der Waals surface area contributed by atoms with Crippen LogP contribution in [0.1, 0.15) is 37.7 Å². The van der Waals surface area contributed by atoms with Crippen LogP contribution in [-0.4, -0.2) is 31.7 Å². The van der Waals surface area contributed by atoms with Crippen LogP contribution >= 0.6 is 0 Å². The SMILES string of the molecule is Cc1nn(Cc2ccc(C(=O)Nc3cc(C(=O)O)ccc3F)cc2)c(C)c1[N+](=O)[O-]. The van der Waals surface area contributed by atoms with Crippen LogP contribution in [0.5, 0.6) is 0 Å². The highest BCUT2D eigenvalue weighted by atomic mass is 19.1. The van der Waals surface area contributed by atoms with Crippen molar-refractivity contribution in [3.05, 3.63) is 86.5 Å². The molecule has 3 rings (SSSR count). The van der Waals surface area contributed by atoms with E-state index in [2.05, 4.69) is 10.4 Å². The molecule has 0 saturated carbocycles. The number of nitrogens with zero attached hydrogens (tertiary/aromatic N) is 3. The Morgan fingerprint density at radius 2 is 1.80 bits per heavy atom. The van der Waals surface area contributed by atoms with Crippen molar-refractivity contribution in [2.75, 3.05) is 5.32 Å². The zero-order chi connectivity index (χ0) is 22.0. The largest absolute Gasteiger partial charge is 0.478 e. The number of benzene rings is 2. The molecular weight excluding hydrogens is 395 g/mol. The number of nitrogens with one attached hydrogen (secondary N) is 1. The maximum absolute atomic E-state index is 13.9. The molecule has 10 heteroatoms. The van der Waals surface area contributed by atoms with Gasteiger partial charge in [0.2, 0.25) is 0 Å². The highest BCUT2D eigenvalue weighted by Crippen LogP contribution is 2.23. The number of carboxylic acids is 1. The van der Waals surface area contributed by atoms with Gasteiger partial charge in [0.25, 0.3) is 5.91 Å². The summed E-state index contributed by atoms with van der Waals surface area (Å²) in [6.45, 7) is 3.45. The van der Waals surface area contributed by atoms with Gasteiger partial charge < -0.3 is 10.4 Å². The molecule has 0 fully saturated rings. The molecule has 3 aromatic rings. The van der Waals surface area contributed by atoms with Gasteiger partial charge in [0.05, 0.1) is 22.7 Å². The maximum atomic E-state index is 13.9. The van der Waals surface area contributed by atoms with Crippen molar-refractivity contribution in [1.29, 1.82) is 0 Å². The van der Waals surface area contributed by atoms with Crippen molar-refractivity contribution >= 4 is 23.3 Å². The molecule has 0 radical (unpaired) electrons. The average molecular weight is 412 g/mol. The second-order valence-electron chi connectivity index (χ2n) is 6.59. The topological polar surface area (TPSA) is 127 Å². The summed E-state index contributed by atoms with van der Waals surface area (Å²) in [5.41, 5.74) is 1.31. The fourth-order valence-electron chi connectivity index (χ4n) is 2.99. The lowest BCUT2D eigenvalue weighted by molar-refractivity contribution is -0.386. The van der Waals surface area contributed by atoms with Gasteiger partial charge in [-0.15, -0.1) is 0 Å². The summed E-state index contributed by atoms with van der Waals surface area (Å²) < 4.78 is 15.4. The number of anilines is 1. The van der Waals surface area contributed by atoms with Crippen molar-refractivity contribution in [3.8, 4) is 0 Å². The third-order valence-electron chi connectivity index (χ3n) is 4.54. The summed E-state index contributed by atoms with van der Waals surface area (Å²) in [4.78, 5) is 34.0. The number of nitro groups is 1. The van der Waals surface area contributed by atoms with E-state index in [0.29, 0.717) is 11.4 Å². The molecule has 1 aromatic heterocycles. The van der Waals surface area contributed by atoms with Crippen molar-refractivity contribution in [1.82, 2.24) is 9.78 Å². The molecule has 0 aliphatic rings. The number of aryl methyl sites for hydroxylation is 1. The Hall–Kier alpha value is -4.08. The van der Waals surface area contributed by atoms with Crippen molar-refractivity contribution < 1.29 is 24.0 Å². The summed E-state index contributed by atoms with van der Waals surface area (Å²) >= 11 is 0. The monoisotopic (exact) mass is 412 g/mol. The fourth-order valence-corrected chi connectivity index (χ4v) is 2.99. The van der Waals surface area contributed by atoms with E-state index >= 15 is 0 Å². The second-order valence-corrected chi connectivity index (χ2v) is 6.59. The van der Waals surface area contributed by atoms with Gasteiger partial charge in [0.1, 0.15) is 17.2 Å². The number of carboxylic acid groups (broad SMARTS) is 1. The Labute approximate surface area is 169 Å². The molecule has 0 aliphatic heterocycles. The van der Waals surface area contributed by atoms with Crippen molar-refractivity contribution in [2.24, 2.45) is 0 Å².